The van der Waals surface area contributed by atoms with Crippen LogP contribution < -0.4 is 33.7 Å². The first-order valence-corrected chi connectivity index (χ1v) is 11.6. The lowest BCUT2D eigenvalue weighted by atomic mass is 10.1. The molecule has 8 heteroatoms. The molecule has 0 amide bonds. The van der Waals surface area contributed by atoms with E-state index in [0.717, 1.165) is 16.8 Å². The molecule has 0 aliphatic carbocycles. The summed E-state index contributed by atoms with van der Waals surface area (Å²) in [5.41, 5.74) is 3.26. The van der Waals surface area contributed by atoms with Gasteiger partial charge in [0, 0.05) is 24.2 Å². The van der Waals surface area contributed by atoms with Crippen LogP contribution in [-0.2, 0) is 0 Å². The van der Waals surface area contributed by atoms with Crippen LogP contribution in [0.1, 0.15) is 27.9 Å². The number of benzene rings is 3. The van der Waals surface area contributed by atoms with Gasteiger partial charge in [-0.25, -0.2) is 0 Å². The molecule has 0 spiro atoms. The summed E-state index contributed by atoms with van der Waals surface area (Å²) in [5, 5.41) is 3.36. The van der Waals surface area contributed by atoms with Gasteiger partial charge in [-0.05, 0) is 41.5 Å². The Hall–Kier alpha value is -4.33. The fraction of sp³-hybridized carbons (Fsp3) is 0.276. The van der Waals surface area contributed by atoms with E-state index in [4.69, 9.17) is 28.4 Å². The first kappa shape index (κ1) is 27.3. The van der Waals surface area contributed by atoms with Crippen LogP contribution in [0.3, 0.4) is 0 Å². The number of rotatable bonds is 13. The van der Waals surface area contributed by atoms with Crippen molar-refractivity contribution >= 4 is 23.6 Å². The molecule has 0 aliphatic heterocycles. The summed E-state index contributed by atoms with van der Waals surface area (Å²) >= 11 is 0. The molecule has 0 aliphatic rings. The minimum Gasteiger partial charge on any atom is -0.493 e. The zero-order valence-electron chi connectivity index (χ0n) is 22.0. The third kappa shape index (κ3) is 6.46. The number of ketones is 1. The van der Waals surface area contributed by atoms with E-state index in [9.17, 15) is 4.79 Å². The van der Waals surface area contributed by atoms with E-state index < -0.39 is 0 Å². The maximum absolute atomic E-state index is 12.9. The fourth-order valence-electron chi connectivity index (χ4n) is 3.88. The molecule has 0 fully saturated rings. The van der Waals surface area contributed by atoms with Crippen LogP contribution in [0.4, 0.5) is 5.69 Å². The molecule has 0 radical (unpaired) electrons. The van der Waals surface area contributed by atoms with Crippen LogP contribution in [-0.4, -0.2) is 55.0 Å². The van der Waals surface area contributed by atoms with Crippen LogP contribution >= 0.6 is 0 Å². The maximum Gasteiger partial charge on any atom is 0.203 e. The molecule has 0 unspecified atom stereocenters. The number of hydrogen-bond acceptors (Lipinski definition) is 8. The lowest BCUT2D eigenvalue weighted by molar-refractivity contribution is 0.0985. The molecule has 3 rings (SSSR count). The molecule has 196 valence electrons. The number of carbonyl (C=O) groups excluding carboxylic acids is 1. The van der Waals surface area contributed by atoms with E-state index in [1.165, 1.54) is 21.3 Å². The van der Waals surface area contributed by atoms with Gasteiger partial charge in [0.1, 0.15) is 0 Å². The van der Waals surface area contributed by atoms with Gasteiger partial charge in [0.05, 0.1) is 42.7 Å². The third-order valence-electron chi connectivity index (χ3n) is 5.76. The maximum atomic E-state index is 12.9. The molecule has 0 atom stereocenters. The van der Waals surface area contributed by atoms with Crippen LogP contribution in [0.25, 0.3) is 12.2 Å². The lowest BCUT2D eigenvalue weighted by Gasteiger charge is -2.14. The molecule has 0 heterocycles. The minimum absolute atomic E-state index is 0.0443. The molecule has 1 N–H and O–H groups in total. The summed E-state index contributed by atoms with van der Waals surface area (Å²) in [6.45, 7) is 0.449. The summed E-state index contributed by atoms with van der Waals surface area (Å²) in [6, 6.07) is 15.0. The van der Waals surface area contributed by atoms with Gasteiger partial charge < -0.3 is 33.7 Å². The molecule has 0 saturated heterocycles. The first-order valence-electron chi connectivity index (χ1n) is 11.6. The number of hydrogen-bond donors (Lipinski definition) is 1. The van der Waals surface area contributed by atoms with Crippen molar-refractivity contribution in [3.8, 4) is 34.5 Å². The summed E-state index contributed by atoms with van der Waals surface area (Å²) in [4.78, 5) is 12.9. The van der Waals surface area contributed by atoms with E-state index in [0.29, 0.717) is 46.6 Å². The topological polar surface area (TPSA) is 84.5 Å². The Morgan fingerprint density at radius 2 is 1.22 bits per heavy atom. The second-order valence-electron chi connectivity index (χ2n) is 7.89. The van der Waals surface area contributed by atoms with Gasteiger partial charge in [-0.15, -0.1) is 0 Å². The molecule has 8 nitrogen and oxygen atoms in total. The molecule has 3 aromatic rings. The van der Waals surface area contributed by atoms with Crippen LogP contribution in [0.2, 0.25) is 0 Å². The Bertz CT molecular complexity index is 1200. The van der Waals surface area contributed by atoms with Crippen molar-refractivity contribution in [2.24, 2.45) is 0 Å². The number of Topliss-reactive ketones (excluding diaryl/α,β-unsaturated/α-hetero) is 1. The minimum atomic E-state index is -0.0443. The Kier molecular flexibility index (Phi) is 9.66. The van der Waals surface area contributed by atoms with Gasteiger partial charge in [0.2, 0.25) is 11.5 Å². The van der Waals surface area contributed by atoms with Gasteiger partial charge in [0.15, 0.2) is 28.8 Å². The fourth-order valence-corrected chi connectivity index (χ4v) is 3.88. The number of para-hydroxylation sites is 1. The Balaban J connectivity index is 1.73. The number of ether oxygens (including phenoxy) is 6. The quantitative estimate of drug-likeness (QED) is 0.237. The lowest BCUT2D eigenvalue weighted by Crippen LogP contribution is -2.10. The highest BCUT2D eigenvalue weighted by molar-refractivity contribution is 5.97. The van der Waals surface area contributed by atoms with Crippen molar-refractivity contribution in [3.05, 3.63) is 65.2 Å². The van der Waals surface area contributed by atoms with Crippen molar-refractivity contribution in [1.82, 2.24) is 0 Å². The number of anilines is 1. The SMILES string of the molecule is COc1cc(/C=C\c2ccccc2NCCC(=O)c2cc(OC)c(OC)c(OC)c2)cc(OC)c1OC. The highest BCUT2D eigenvalue weighted by Gasteiger charge is 2.17. The molecule has 0 bridgehead atoms. The van der Waals surface area contributed by atoms with Crippen molar-refractivity contribution in [2.75, 3.05) is 54.5 Å². The summed E-state index contributed by atoms with van der Waals surface area (Å²) < 4.78 is 32.3. The molecule has 0 aromatic heterocycles. The van der Waals surface area contributed by atoms with Gasteiger partial charge in [0.25, 0.3) is 0 Å². The van der Waals surface area contributed by atoms with E-state index in [2.05, 4.69) is 5.32 Å². The summed E-state index contributed by atoms with van der Waals surface area (Å²) in [5.74, 6) is 3.00. The zero-order valence-corrected chi connectivity index (χ0v) is 22.0. The second kappa shape index (κ2) is 13.1. The molecule has 3 aromatic carbocycles. The number of methoxy groups -OCH3 is 6. The van der Waals surface area contributed by atoms with Gasteiger partial charge in [-0.1, -0.05) is 30.4 Å². The van der Waals surface area contributed by atoms with Crippen molar-refractivity contribution in [3.63, 3.8) is 0 Å². The number of nitrogens with one attached hydrogen (secondary N) is 1. The van der Waals surface area contributed by atoms with Crippen molar-refractivity contribution in [1.29, 1.82) is 0 Å². The summed E-state index contributed by atoms with van der Waals surface area (Å²) in [6.07, 6.45) is 4.24. The van der Waals surface area contributed by atoms with Crippen LogP contribution in [0, 0.1) is 0 Å². The van der Waals surface area contributed by atoms with Gasteiger partial charge >= 0.3 is 0 Å². The Morgan fingerprint density at radius 3 is 1.73 bits per heavy atom. The van der Waals surface area contributed by atoms with E-state index in [1.54, 1.807) is 33.5 Å². The number of carbonyl (C=O) groups is 1. The normalized spacial score (nSPS) is 10.6. The predicted octanol–water partition coefficient (Wildman–Crippen LogP) is 5.59. The third-order valence-corrected chi connectivity index (χ3v) is 5.76. The van der Waals surface area contributed by atoms with Crippen molar-refractivity contribution in [2.45, 2.75) is 6.42 Å². The Labute approximate surface area is 217 Å². The van der Waals surface area contributed by atoms with E-state index >= 15 is 0 Å². The standard InChI is InChI=1S/C29H33NO7/c1-32-24-15-19(16-25(33-2)28(24)36-5)11-12-20-9-7-8-10-22(20)30-14-13-23(31)21-17-26(34-3)29(37-6)27(18-21)35-4/h7-12,15-18,30H,13-14H2,1-6H3/b12-11-. The second-order valence-corrected chi connectivity index (χ2v) is 7.89. The van der Waals surface area contributed by atoms with Gasteiger partial charge in [-0.2, -0.15) is 0 Å². The molecular formula is C29H33NO7. The average Bonchev–Trinajstić information content (AvgIpc) is 2.94. The van der Waals surface area contributed by atoms with Crippen molar-refractivity contribution < 1.29 is 33.2 Å². The molecule has 37 heavy (non-hydrogen) atoms. The first-order chi connectivity index (χ1) is 18.0. The smallest absolute Gasteiger partial charge is 0.203 e. The molecule has 0 saturated carbocycles. The largest absolute Gasteiger partial charge is 0.493 e. The van der Waals surface area contributed by atoms with E-state index in [-0.39, 0.29) is 12.2 Å². The van der Waals surface area contributed by atoms with E-state index in [1.807, 2.05) is 48.6 Å². The zero-order chi connectivity index (χ0) is 26.8. The van der Waals surface area contributed by atoms with Gasteiger partial charge in [-0.3, -0.25) is 4.79 Å². The average molecular weight is 508 g/mol. The Morgan fingerprint density at radius 1 is 0.703 bits per heavy atom. The highest BCUT2D eigenvalue weighted by atomic mass is 16.5. The summed E-state index contributed by atoms with van der Waals surface area (Å²) in [7, 11) is 9.32. The highest BCUT2D eigenvalue weighted by Crippen LogP contribution is 2.39. The predicted molar refractivity (Wildman–Crippen MR) is 145 cm³/mol. The monoisotopic (exact) mass is 507 g/mol. The molecular weight excluding hydrogens is 474 g/mol. The van der Waals surface area contributed by atoms with Crippen LogP contribution in [0.15, 0.2) is 48.5 Å². The van der Waals surface area contributed by atoms with Crippen LogP contribution in [0.5, 0.6) is 34.5 Å².